The van der Waals surface area contributed by atoms with Crippen molar-refractivity contribution in [3.05, 3.63) is 103 Å². The van der Waals surface area contributed by atoms with Crippen LogP contribution in [0.3, 0.4) is 0 Å². The zero-order chi connectivity index (χ0) is 21.7. The van der Waals surface area contributed by atoms with Crippen LogP contribution in [0.2, 0.25) is 0 Å². The molecule has 4 N–H and O–H groups in total. The van der Waals surface area contributed by atoms with E-state index in [0.29, 0.717) is 13.1 Å². The van der Waals surface area contributed by atoms with Gasteiger partial charge >= 0.3 is 0 Å². The van der Waals surface area contributed by atoms with Crippen LogP contribution in [0.25, 0.3) is 33.4 Å². The van der Waals surface area contributed by atoms with Gasteiger partial charge in [0.05, 0.1) is 0 Å². The van der Waals surface area contributed by atoms with E-state index in [1.165, 1.54) is 22.3 Å². The summed E-state index contributed by atoms with van der Waals surface area (Å²) in [4.78, 5) is 0. The maximum absolute atomic E-state index is 6.03. The molecule has 0 saturated carbocycles. The van der Waals surface area contributed by atoms with Crippen LogP contribution in [0, 0.1) is 0 Å². The molecule has 0 unspecified atom stereocenters. The third-order valence-electron chi connectivity index (χ3n) is 5.56. The maximum Gasteiger partial charge on any atom is 0.130 e. The molecule has 4 aromatic rings. The first-order valence-corrected chi connectivity index (χ1v) is 10.6. The molecule has 3 nitrogen and oxygen atoms in total. The van der Waals surface area contributed by atoms with Gasteiger partial charge in [-0.3, -0.25) is 0 Å². The van der Waals surface area contributed by atoms with Crippen molar-refractivity contribution in [2.75, 3.05) is 13.1 Å². The SMILES string of the molecule is CC(CN)(CN)Oc1ccc(-c2cc(-c3ccccc3)cc(-c3ccccc3)c2)cc1. The van der Waals surface area contributed by atoms with Gasteiger partial charge in [-0.05, 0) is 70.6 Å². The van der Waals surface area contributed by atoms with Crippen molar-refractivity contribution in [3.63, 3.8) is 0 Å². The van der Waals surface area contributed by atoms with Crippen LogP contribution in [-0.4, -0.2) is 18.7 Å². The summed E-state index contributed by atoms with van der Waals surface area (Å²) in [5, 5.41) is 0. The Morgan fingerprint density at radius 1 is 0.548 bits per heavy atom. The van der Waals surface area contributed by atoms with Gasteiger partial charge in [-0.25, -0.2) is 0 Å². The quantitative estimate of drug-likeness (QED) is 0.410. The summed E-state index contributed by atoms with van der Waals surface area (Å²) in [6.45, 7) is 2.66. The topological polar surface area (TPSA) is 61.3 Å². The van der Waals surface area contributed by atoms with Gasteiger partial charge in [0.2, 0.25) is 0 Å². The van der Waals surface area contributed by atoms with E-state index in [0.717, 1.165) is 16.9 Å². The minimum absolute atomic E-state index is 0.366. The smallest absolute Gasteiger partial charge is 0.130 e. The fourth-order valence-electron chi connectivity index (χ4n) is 3.56. The third-order valence-corrected chi connectivity index (χ3v) is 5.56. The summed E-state index contributed by atoms with van der Waals surface area (Å²) in [5.74, 6) is 0.768. The zero-order valence-corrected chi connectivity index (χ0v) is 17.8. The van der Waals surface area contributed by atoms with Gasteiger partial charge in [-0.15, -0.1) is 0 Å². The number of nitrogens with two attached hydrogens (primary N) is 2. The monoisotopic (exact) mass is 408 g/mol. The lowest BCUT2D eigenvalue weighted by molar-refractivity contribution is 0.107. The number of ether oxygens (including phenoxy) is 1. The Morgan fingerprint density at radius 2 is 0.935 bits per heavy atom. The molecule has 0 aliphatic rings. The Morgan fingerprint density at radius 3 is 1.32 bits per heavy atom. The van der Waals surface area contributed by atoms with Crippen LogP contribution in [-0.2, 0) is 0 Å². The zero-order valence-electron chi connectivity index (χ0n) is 17.8. The lowest BCUT2D eigenvalue weighted by Crippen LogP contribution is -2.47. The average Bonchev–Trinajstić information content (AvgIpc) is 2.85. The fourth-order valence-corrected chi connectivity index (χ4v) is 3.56. The predicted octanol–water partition coefficient (Wildman–Crippen LogP) is 5.74. The van der Waals surface area contributed by atoms with Crippen molar-refractivity contribution in [1.29, 1.82) is 0 Å². The first kappa shape index (κ1) is 20.9. The van der Waals surface area contributed by atoms with Crippen LogP contribution in [0.4, 0.5) is 0 Å². The number of rotatable bonds is 7. The van der Waals surface area contributed by atoms with Crippen LogP contribution in [0.1, 0.15) is 6.92 Å². The van der Waals surface area contributed by atoms with E-state index >= 15 is 0 Å². The van der Waals surface area contributed by atoms with Crippen molar-refractivity contribution in [2.24, 2.45) is 11.5 Å². The molecule has 0 fully saturated rings. The Bertz CT molecular complexity index is 1060. The molecule has 4 rings (SSSR count). The van der Waals surface area contributed by atoms with Crippen molar-refractivity contribution in [3.8, 4) is 39.1 Å². The van der Waals surface area contributed by atoms with Gasteiger partial charge in [-0.2, -0.15) is 0 Å². The van der Waals surface area contributed by atoms with Gasteiger partial charge < -0.3 is 16.2 Å². The van der Waals surface area contributed by atoms with Crippen molar-refractivity contribution >= 4 is 0 Å². The van der Waals surface area contributed by atoms with Crippen LogP contribution in [0.5, 0.6) is 5.75 Å². The van der Waals surface area contributed by atoms with Gasteiger partial charge in [0.15, 0.2) is 0 Å². The molecule has 0 spiro atoms. The van der Waals surface area contributed by atoms with Gasteiger partial charge in [0.1, 0.15) is 11.4 Å². The molecule has 0 bridgehead atoms. The van der Waals surface area contributed by atoms with E-state index in [2.05, 4.69) is 78.9 Å². The number of benzene rings is 4. The molecule has 156 valence electrons. The maximum atomic E-state index is 6.03. The highest BCUT2D eigenvalue weighted by Gasteiger charge is 2.22. The second kappa shape index (κ2) is 9.17. The molecule has 0 aromatic heterocycles. The Hall–Kier alpha value is -3.40. The lowest BCUT2D eigenvalue weighted by atomic mass is 9.93. The van der Waals surface area contributed by atoms with Crippen LogP contribution < -0.4 is 16.2 Å². The molecule has 0 radical (unpaired) electrons. The summed E-state index contributed by atoms with van der Waals surface area (Å²) in [6.07, 6.45) is 0. The summed E-state index contributed by atoms with van der Waals surface area (Å²) in [5.41, 5.74) is 18.2. The van der Waals surface area contributed by atoms with E-state index in [1.54, 1.807) is 0 Å². The van der Waals surface area contributed by atoms with Gasteiger partial charge in [0, 0.05) is 13.1 Å². The van der Waals surface area contributed by atoms with Gasteiger partial charge in [0.25, 0.3) is 0 Å². The number of hydrogen-bond acceptors (Lipinski definition) is 3. The van der Waals surface area contributed by atoms with Crippen molar-refractivity contribution in [2.45, 2.75) is 12.5 Å². The normalized spacial score (nSPS) is 11.3. The molecule has 0 aliphatic heterocycles. The number of hydrogen-bond donors (Lipinski definition) is 2. The largest absolute Gasteiger partial charge is 0.485 e. The van der Waals surface area contributed by atoms with E-state index in [-0.39, 0.29) is 0 Å². The standard InChI is InChI=1S/C28H28N2O/c1-28(19-29,20-30)31-27-14-12-23(13-15-27)26-17-24(21-8-4-2-5-9-21)16-25(18-26)22-10-6-3-7-11-22/h2-18H,19-20,29-30H2,1H3. The summed E-state index contributed by atoms with van der Waals surface area (Å²) < 4.78 is 6.03. The average molecular weight is 409 g/mol. The first-order chi connectivity index (χ1) is 15.1. The first-order valence-electron chi connectivity index (χ1n) is 10.6. The highest BCUT2D eigenvalue weighted by Crippen LogP contribution is 2.33. The Balaban J connectivity index is 1.74. The third kappa shape index (κ3) is 4.85. The van der Waals surface area contributed by atoms with E-state index in [1.807, 2.05) is 31.2 Å². The van der Waals surface area contributed by atoms with Crippen LogP contribution in [0.15, 0.2) is 103 Å². The summed E-state index contributed by atoms with van der Waals surface area (Å²) in [7, 11) is 0. The van der Waals surface area contributed by atoms with Crippen LogP contribution >= 0.6 is 0 Å². The molecule has 0 saturated heterocycles. The highest BCUT2D eigenvalue weighted by molar-refractivity contribution is 5.81. The van der Waals surface area contributed by atoms with E-state index < -0.39 is 5.60 Å². The molecule has 3 heteroatoms. The molecular weight excluding hydrogens is 380 g/mol. The van der Waals surface area contributed by atoms with E-state index in [9.17, 15) is 0 Å². The van der Waals surface area contributed by atoms with E-state index in [4.69, 9.17) is 16.2 Å². The molecule has 0 aliphatic carbocycles. The molecule has 0 atom stereocenters. The van der Waals surface area contributed by atoms with Crippen molar-refractivity contribution in [1.82, 2.24) is 0 Å². The summed E-state index contributed by atoms with van der Waals surface area (Å²) in [6, 6.07) is 35.8. The minimum Gasteiger partial charge on any atom is -0.485 e. The Kier molecular flexibility index (Phi) is 6.17. The second-order valence-corrected chi connectivity index (χ2v) is 8.02. The molecule has 31 heavy (non-hydrogen) atoms. The highest BCUT2D eigenvalue weighted by atomic mass is 16.5. The molecule has 4 aromatic carbocycles. The second-order valence-electron chi connectivity index (χ2n) is 8.02. The lowest BCUT2D eigenvalue weighted by Gasteiger charge is -2.27. The molecular formula is C28H28N2O. The minimum atomic E-state index is -0.560. The molecule has 0 amide bonds. The van der Waals surface area contributed by atoms with Gasteiger partial charge in [-0.1, -0.05) is 72.8 Å². The fraction of sp³-hybridized carbons (Fsp3) is 0.143. The van der Waals surface area contributed by atoms with Crippen molar-refractivity contribution < 1.29 is 4.74 Å². The Labute approximate surface area is 184 Å². The summed E-state index contributed by atoms with van der Waals surface area (Å²) >= 11 is 0. The molecule has 0 heterocycles. The predicted molar refractivity (Wildman–Crippen MR) is 130 cm³/mol.